The molecule has 2 aliphatic rings. The highest BCUT2D eigenvalue weighted by Gasteiger charge is 2.45. The van der Waals surface area contributed by atoms with Gasteiger partial charge in [-0.05, 0) is 12.5 Å². The van der Waals surface area contributed by atoms with Gasteiger partial charge in [-0.25, -0.2) is 0 Å². The quantitative estimate of drug-likeness (QED) is 0.877. The lowest BCUT2D eigenvalue weighted by molar-refractivity contribution is -0.287. The van der Waals surface area contributed by atoms with Crippen molar-refractivity contribution in [1.82, 2.24) is 10.2 Å². The van der Waals surface area contributed by atoms with Gasteiger partial charge in [-0.3, -0.25) is 4.90 Å². The lowest BCUT2D eigenvalue weighted by Gasteiger charge is -2.35. The van der Waals surface area contributed by atoms with Gasteiger partial charge in [0.15, 0.2) is 11.5 Å². The minimum Gasteiger partial charge on any atom is -0.396 e. The van der Waals surface area contributed by atoms with Crippen LogP contribution in [0.1, 0.15) is 18.0 Å². The molecule has 2 heterocycles. The van der Waals surface area contributed by atoms with Crippen molar-refractivity contribution >= 4 is 12.4 Å². The van der Waals surface area contributed by atoms with Crippen molar-refractivity contribution < 1.29 is 23.4 Å². The number of nitrogens with zero attached hydrogens (tertiary/aromatic N) is 1. The number of hydrogen-bond acceptors (Lipinski definition) is 5. The van der Waals surface area contributed by atoms with Crippen LogP contribution in [0.3, 0.4) is 0 Å². The first-order valence-electron chi connectivity index (χ1n) is 7.05. The number of halogens is 3. The molecule has 8 heteroatoms. The summed E-state index contributed by atoms with van der Waals surface area (Å²) >= 11 is 0. The van der Waals surface area contributed by atoms with E-state index in [1.165, 1.54) is 6.07 Å². The molecule has 2 aliphatic heterocycles. The fourth-order valence-corrected chi connectivity index (χ4v) is 2.90. The largest absolute Gasteiger partial charge is 0.586 e. The number of ether oxygens (including phenoxy) is 2. The van der Waals surface area contributed by atoms with E-state index in [2.05, 4.69) is 19.7 Å². The molecule has 0 spiro atoms. The van der Waals surface area contributed by atoms with E-state index in [9.17, 15) is 13.9 Å². The van der Waals surface area contributed by atoms with Crippen LogP contribution in [-0.2, 0) is 0 Å². The first-order valence-corrected chi connectivity index (χ1v) is 7.05. The Labute approximate surface area is 133 Å². The van der Waals surface area contributed by atoms with Crippen LogP contribution < -0.4 is 14.8 Å². The second-order valence-corrected chi connectivity index (χ2v) is 5.16. The molecule has 22 heavy (non-hydrogen) atoms. The molecule has 1 fully saturated rings. The van der Waals surface area contributed by atoms with Gasteiger partial charge in [0, 0.05) is 44.4 Å². The number of para-hydroxylation sites is 1. The van der Waals surface area contributed by atoms with Crippen LogP contribution in [0.2, 0.25) is 0 Å². The monoisotopic (exact) mass is 336 g/mol. The maximum absolute atomic E-state index is 13.3. The second kappa shape index (κ2) is 6.95. The number of hydrogen-bond donors (Lipinski definition) is 2. The van der Waals surface area contributed by atoms with Crippen LogP contribution in [0.25, 0.3) is 0 Å². The van der Waals surface area contributed by atoms with E-state index in [1.807, 2.05) is 0 Å². The van der Waals surface area contributed by atoms with Gasteiger partial charge in [-0.15, -0.1) is 21.2 Å². The molecular formula is C14H19ClF2N2O3. The van der Waals surface area contributed by atoms with Crippen molar-refractivity contribution in [2.75, 3.05) is 32.8 Å². The number of aliphatic hydroxyl groups is 1. The van der Waals surface area contributed by atoms with Crippen molar-refractivity contribution in [1.29, 1.82) is 0 Å². The Kier molecular flexibility index (Phi) is 5.44. The number of alkyl halides is 2. The molecular weight excluding hydrogens is 318 g/mol. The smallest absolute Gasteiger partial charge is 0.396 e. The molecule has 3 rings (SSSR count). The van der Waals surface area contributed by atoms with Gasteiger partial charge in [0.1, 0.15) is 0 Å². The molecule has 0 saturated carbocycles. The van der Waals surface area contributed by atoms with Gasteiger partial charge < -0.3 is 19.9 Å². The molecule has 0 aliphatic carbocycles. The lowest BCUT2D eigenvalue weighted by Crippen LogP contribution is -2.45. The third kappa shape index (κ3) is 3.43. The average Bonchev–Trinajstić information content (AvgIpc) is 2.79. The predicted octanol–water partition coefficient (Wildman–Crippen LogP) is 1.76. The topological polar surface area (TPSA) is 54.0 Å². The molecule has 1 saturated heterocycles. The Morgan fingerprint density at radius 2 is 2.00 bits per heavy atom. The van der Waals surface area contributed by atoms with Crippen molar-refractivity contribution in [3.63, 3.8) is 0 Å². The van der Waals surface area contributed by atoms with E-state index >= 15 is 0 Å². The van der Waals surface area contributed by atoms with E-state index in [1.54, 1.807) is 12.1 Å². The number of benzene rings is 1. The SMILES string of the molecule is Cl.OCC[C@H](c1cccc2c1OC(F)(F)O2)N1CCNCC1. The van der Waals surface area contributed by atoms with Crippen LogP contribution in [0.5, 0.6) is 11.5 Å². The lowest BCUT2D eigenvalue weighted by atomic mass is 10.00. The Morgan fingerprint density at radius 3 is 2.68 bits per heavy atom. The molecule has 0 amide bonds. The van der Waals surface area contributed by atoms with Gasteiger partial charge in [0.05, 0.1) is 0 Å². The summed E-state index contributed by atoms with van der Waals surface area (Å²) in [5.74, 6) is 0.134. The molecule has 1 atom stereocenters. The van der Waals surface area contributed by atoms with E-state index in [0.29, 0.717) is 12.0 Å². The standard InChI is InChI=1S/C14H18F2N2O3.ClH/c15-14(16)20-12-3-1-2-10(13(12)21-14)11(4-9-19)18-7-5-17-6-8-18;/h1-3,11,17,19H,4-9H2;1H/t11-;/m1./s1. The highest BCUT2D eigenvalue weighted by molar-refractivity contribution is 5.85. The van der Waals surface area contributed by atoms with Gasteiger partial charge in [-0.2, -0.15) is 0 Å². The number of aliphatic hydroxyl groups excluding tert-OH is 1. The van der Waals surface area contributed by atoms with E-state index in [-0.39, 0.29) is 36.6 Å². The number of nitrogens with one attached hydrogen (secondary N) is 1. The Morgan fingerprint density at radius 1 is 1.27 bits per heavy atom. The fourth-order valence-electron chi connectivity index (χ4n) is 2.90. The molecule has 0 unspecified atom stereocenters. The third-order valence-electron chi connectivity index (χ3n) is 3.81. The fraction of sp³-hybridized carbons (Fsp3) is 0.571. The summed E-state index contributed by atoms with van der Waals surface area (Å²) < 4.78 is 35.7. The zero-order valence-corrected chi connectivity index (χ0v) is 12.7. The Balaban J connectivity index is 0.00000176. The van der Waals surface area contributed by atoms with Crippen molar-refractivity contribution in [3.8, 4) is 11.5 Å². The van der Waals surface area contributed by atoms with E-state index in [0.717, 1.165) is 26.2 Å². The average molecular weight is 337 g/mol. The molecule has 1 aromatic carbocycles. The molecule has 0 bridgehead atoms. The molecule has 2 N–H and O–H groups in total. The van der Waals surface area contributed by atoms with Crippen LogP contribution >= 0.6 is 12.4 Å². The summed E-state index contributed by atoms with van der Waals surface area (Å²) in [6.45, 7) is 3.25. The van der Waals surface area contributed by atoms with Crippen molar-refractivity contribution in [2.24, 2.45) is 0 Å². The summed E-state index contributed by atoms with van der Waals surface area (Å²) in [4.78, 5) is 2.17. The highest BCUT2D eigenvalue weighted by Crippen LogP contribution is 2.46. The molecule has 0 radical (unpaired) electrons. The summed E-state index contributed by atoms with van der Waals surface area (Å²) in [5.41, 5.74) is 0.639. The van der Waals surface area contributed by atoms with Gasteiger partial charge >= 0.3 is 6.29 Å². The maximum Gasteiger partial charge on any atom is 0.586 e. The normalized spacial score (nSPS) is 21.2. The third-order valence-corrected chi connectivity index (χ3v) is 3.81. The molecule has 124 valence electrons. The Bertz CT molecular complexity index is 513. The first kappa shape index (κ1) is 17.2. The van der Waals surface area contributed by atoms with E-state index in [4.69, 9.17) is 0 Å². The van der Waals surface area contributed by atoms with Crippen LogP contribution in [0.4, 0.5) is 8.78 Å². The minimum absolute atomic E-state index is 0. The summed E-state index contributed by atoms with van der Waals surface area (Å²) in [6.07, 6.45) is -3.16. The Hall–Kier alpha value is -1.15. The number of fused-ring (bicyclic) bond motifs is 1. The predicted molar refractivity (Wildman–Crippen MR) is 78.8 cm³/mol. The van der Waals surface area contributed by atoms with Crippen LogP contribution in [0.15, 0.2) is 18.2 Å². The van der Waals surface area contributed by atoms with Gasteiger partial charge in [0.25, 0.3) is 0 Å². The molecule has 0 aromatic heterocycles. The molecule has 1 aromatic rings. The van der Waals surface area contributed by atoms with E-state index < -0.39 is 6.29 Å². The second-order valence-electron chi connectivity index (χ2n) is 5.16. The maximum atomic E-state index is 13.3. The van der Waals surface area contributed by atoms with Gasteiger partial charge in [-0.1, -0.05) is 12.1 Å². The zero-order valence-electron chi connectivity index (χ0n) is 11.9. The first-order chi connectivity index (χ1) is 10.1. The highest BCUT2D eigenvalue weighted by atomic mass is 35.5. The minimum atomic E-state index is -3.62. The summed E-state index contributed by atoms with van der Waals surface area (Å²) in [6, 6.07) is 4.73. The molecule has 5 nitrogen and oxygen atoms in total. The number of piperazine rings is 1. The van der Waals surface area contributed by atoms with Crippen molar-refractivity contribution in [2.45, 2.75) is 18.8 Å². The number of rotatable bonds is 4. The zero-order chi connectivity index (χ0) is 14.9. The van der Waals surface area contributed by atoms with Crippen LogP contribution in [0, 0.1) is 0 Å². The summed E-state index contributed by atoms with van der Waals surface area (Å²) in [7, 11) is 0. The van der Waals surface area contributed by atoms with Gasteiger partial charge in [0.2, 0.25) is 0 Å². The summed E-state index contributed by atoms with van der Waals surface area (Å²) in [5, 5.41) is 12.6. The van der Waals surface area contributed by atoms with Crippen molar-refractivity contribution in [3.05, 3.63) is 23.8 Å². The van der Waals surface area contributed by atoms with Crippen LogP contribution in [-0.4, -0.2) is 49.1 Å².